The normalized spacial score (nSPS) is 12.5. The molecule has 5 aromatic rings. The van der Waals surface area contributed by atoms with E-state index in [0.29, 0.717) is 138 Å². The summed E-state index contributed by atoms with van der Waals surface area (Å²) in [6.45, 7) is 18.1. The van der Waals surface area contributed by atoms with Crippen molar-refractivity contribution in [1.82, 2.24) is 17.9 Å². The highest BCUT2D eigenvalue weighted by molar-refractivity contribution is 8.77. The number of Topliss-reactive ketones (excluding diaryl/α,β-unsaturated/α-hetero) is 3. The number of unbranched alkanes of at least 4 members (excludes halogenated alkanes) is 11. The van der Waals surface area contributed by atoms with Gasteiger partial charge in [0.25, 0.3) is 37.4 Å². The second-order valence-electron chi connectivity index (χ2n) is 32.2. The van der Waals surface area contributed by atoms with Gasteiger partial charge < -0.3 is 54.7 Å². The molecule has 0 saturated heterocycles. The number of aromatic nitrogens is 1. The highest BCUT2D eigenvalue weighted by Gasteiger charge is 2.40. The molecule has 0 atom stereocenters. The molecule has 4 aromatic carbocycles. The number of carbonyl (C=O) groups is 14. The van der Waals surface area contributed by atoms with Crippen molar-refractivity contribution in [2.24, 2.45) is 0 Å². The number of allylic oxidation sites excluding steroid dienone is 2. The molecular weight excluding hydrogens is 2090 g/mol. The first-order valence-electron chi connectivity index (χ1n) is 46.8. The molecule has 45 heteroatoms. The SMILES string of the molecule is CC(=O)CCCCCCC(=O)CCSSCCC(=O)NCCCC(=O)OCc1ccccc1.CC(=O)CCCCC[NH3+].CC1=C(C)S(=O)(=O)N(CCCCCC(=O)O)C1=O.CC1=C(C)S(=O)(=O)N(CCCCCC(=O)OCc2ccccc2)C1=O.Cc1ccc(S(=O)(=O)[O-])cc1.Cc1sn(CCCCCC(=O)OCc2ccccc2)c(=O)c1C.O=C(Cl)CCSSCCC(=O)Cl.O=C(O)CCSSCCC(=O)O. The molecule has 33 nitrogen and oxygen atoms in total. The summed E-state index contributed by atoms with van der Waals surface area (Å²) in [5, 5.41) is 27.1. The van der Waals surface area contributed by atoms with Gasteiger partial charge in [-0.25, -0.2) is 33.9 Å². The Morgan fingerprint density at radius 3 is 1.08 bits per heavy atom. The number of ether oxygens (including phenoxy) is 3. The van der Waals surface area contributed by atoms with Crippen LogP contribution < -0.4 is 16.6 Å². The van der Waals surface area contributed by atoms with E-state index in [1.54, 1.807) is 51.5 Å². The van der Waals surface area contributed by atoms with Crippen molar-refractivity contribution in [2.75, 3.05) is 60.7 Å². The number of benzene rings is 4. The summed E-state index contributed by atoms with van der Waals surface area (Å²) in [6, 6.07) is 34.4. The van der Waals surface area contributed by atoms with E-state index in [0.717, 1.165) is 131 Å². The van der Waals surface area contributed by atoms with E-state index in [2.05, 4.69) is 11.1 Å². The van der Waals surface area contributed by atoms with Crippen LogP contribution in [0.3, 0.4) is 0 Å². The summed E-state index contributed by atoms with van der Waals surface area (Å²) < 4.78 is 98.2. The quantitative estimate of drug-likeness (QED) is 0.00603. The zero-order chi connectivity index (χ0) is 108. The third kappa shape index (κ3) is 68.8. The first-order chi connectivity index (χ1) is 67.7. The molecule has 3 amide bonds. The van der Waals surface area contributed by atoms with Crippen molar-refractivity contribution in [3.8, 4) is 0 Å². The molecule has 0 aliphatic carbocycles. The average Bonchev–Trinajstić information content (AvgIpc) is 1.63. The molecule has 800 valence electrons. The van der Waals surface area contributed by atoms with Crippen LogP contribution >= 0.6 is 99.5 Å². The summed E-state index contributed by atoms with van der Waals surface area (Å²) >= 11 is 11.7. The number of halogens is 2. The first-order valence-corrected chi connectivity index (χ1v) is 60.1. The molecule has 0 saturated carbocycles. The number of carbonyl (C=O) groups excluding carboxylic acids is 11. The van der Waals surface area contributed by atoms with Crippen LogP contribution in [0, 0.1) is 20.8 Å². The van der Waals surface area contributed by atoms with Gasteiger partial charge in [0, 0.05) is 153 Å². The van der Waals surface area contributed by atoms with Crippen molar-refractivity contribution in [2.45, 2.75) is 286 Å². The molecule has 1 aromatic heterocycles. The smallest absolute Gasteiger partial charge is 0.306 e. The number of hydrogen-bond donors (Lipinski definition) is 5. The Morgan fingerprint density at radius 2 is 0.741 bits per heavy atom. The average molecular weight is 2230 g/mol. The zero-order valence-corrected chi connectivity index (χ0v) is 92.7. The number of amides is 3. The number of rotatable bonds is 62. The number of aliphatic carboxylic acids is 3. The van der Waals surface area contributed by atoms with Gasteiger partial charge in [-0.3, -0.25) is 66.3 Å². The Labute approximate surface area is 880 Å². The van der Waals surface area contributed by atoms with Gasteiger partial charge in [0.15, 0.2) is 0 Å². The molecule has 3 heterocycles. The van der Waals surface area contributed by atoms with Crippen LogP contribution in [-0.4, -0.2) is 200 Å². The highest BCUT2D eigenvalue weighted by Crippen LogP contribution is 2.31. The van der Waals surface area contributed by atoms with E-state index < -0.39 is 59.9 Å². The number of hydrogen-bond acceptors (Lipinski definition) is 32. The lowest BCUT2D eigenvalue weighted by molar-refractivity contribution is -0.368. The first kappa shape index (κ1) is 135. The van der Waals surface area contributed by atoms with Gasteiger partial charge in [-0.05, 0) is 191 Å². The molecule has 2 aliphatic heterocycles. The minimum atomic E-state index is -4.27. The number of sulfonamides is 2. The van der Waals surface area contributed by atoms with Crippen LogP contribution in [0.1, 0.15) is 267 Å². The summed E-state index contributed by atoms with van der Waals surface area (Å²) in [4.78, 5) is 168. The van der Waals surface area contributed by atoms with Crippen molar-refractivity contribution >= 4 is 211 Å². The van der Waals surface area contributed by atoms with Gasteiger partial charge in [0.2, 0.25) is 16.4 Å². The number of carboxylic acid groups (broad SMARTS) is 3. The maximum atomic E-state index is 12.1. The van der Waals surface area contributed by atoms with Gasteiger partial charge in [-0.1, -0.05) is 217 Å². The molecule has 7 rings (SSSR count). The Bertz CT molecular complexity index is 5120. The third-order valence-corrected chi connectivity index (χ3v) is 33.8. The fourth-order valence-corrected chi connectivity index (χ4v) is 22.6. The van der Waals surface area contributed by atoms with Crippen LogP contribution in [0.4, 0.5) is 0 Å². The molecule has 0 unspecified atom stereocenters. The number of aryl methyl sites for hydroxylation is 3. The van der Waals surface area contributed by atoms with Gasteiger partial charge in [-0.2, -0.15) is 0 Å². The Hall–Kier alpha value is -8.18. The second-order valence-corrected chi connectivity index (χ2v) is 47.8. The highest BCUT2D eigenvalue weighted by atomic mass is 35.5. The predicted molar refractivity (Wildman–Crippen MR) is 569 cm³/mol. The molecule has 0 radical (unpaired) electrons. The van der Waals surface area contributed by atoms with Crippen LogP contribution in [-0.2, 0) is 138 Å². The van der Waals surface area contributed by atoms with Gasteiger partial charge in [0.05, 0.1) is 34.1 Å². The number of ketones is 3. The van der Waals surface area contributed by atoms with Gasteiger partial charge in [-0.15, -0.1) is 0 Å². The van der Waals surface area contributed by atoms with Crippen LogP contribution in [0.5, 0.6) is 0 Å². The Balaban J connectivity index is 0.00000167. The molecule has 7 N–H and O–H groups in total. The molecule has 0 spiro atoms. The lowest BCUT2D eigenvalue weighted by Gasteiger charge is -2.15. The number of esters is 3. The maximum Gasteiger partial charge on any atom is 0.306 e. The standard InChI is InChI=1S/C25H37NO5S2.C18H23NO5S.C18H23NO3S.C11H17NO5S.C7H15NO.C7H8O3S.C6H8Cl2O2S2.C6H10O4S2/c1-21(27)10-5-2-3-8-13-23(28)15-18-32-33-19-16-24(29)26-17-9-14-25(30)31-20-22-11-6-4-7-12-22;1-14-15(2)25(22,23)19(18(14)21)12-8-4-7-11-17(20)24-13-16-9-5-3-6-10-16;1-14-15(2)23-19(18(14)21)12-8-4-7-11-17(20)22-13-16-9-5-3-6-10-16;1-8-9(2)18(16,17)12(11(8)15)7-5-3-4-6-10(13)14;1-7(9)5-3-2-4-6-8;1-6-2-4-7(5-3-6)11(8,9)10;7-5(9)1-3-11-12-4-2-6(8)10;7-5(8)1-3-11-12-4-2-6(9)10/h4,6-7,11-12H,2-3,5,8-10,13-20H2,1H3,(H,26,29);3,5-6,9-10H,4,7-8,11-13H2,1-2H3;3,5-6,9-10H,4,7-8,11-13H2,1-2H3;3-7H2,1-2H3,(H,13,14);2-6,8H2,1H3;2-5H,1H3,(H,8,9,10);1-4H2;1-4H2,(H,7,8)(H,9,10). The summed E-state index contributed by atoms with van der Waals surface area (Å²) in [7, 11) is -2.45. The minimum Gasteiger partial charge on any atom is -0.744 e. The number of nitrogens with one attached hydrogen (secondary N) is 1. The van der Waals surface area contributed by atoms with Gasteiger partial charge >= 0.3 is 35.8 Å². The zero-order valence-electron chi connectivity index (χ0n) is 83.0. The molecular formula is C98H141Cl2N5O28S10. The van der Waals surface area contributed by atoms with Crippen molar-refractivity contribution in [3.63, 3.8) is 0 Å². The van der Waals surface area contributed by atoms with E-state index in [4.69, 9.17) is 52.7 Å². The van der Waals surface area contributed by atoms with E-state index in [1.807, 2.05) is 112 Å². The van der Waals surface area contributed by atoms with Crippen LogP contribution in [0.15, 0.2) is 146 Å². The summed E-state index contributed by atoms with van der Waals surface area (Å²) in [5.41, 5.74) is 9.05. The third-order valence-electron chi connectivity index (χ3n) is 20.2. The van der Waals surface area contributed by atoms with Crippen molar-refractivity contribution in [1.29, 1.82) is 0 Å². The number of quaternary nitrogens is 1. The Morgan fingerprint density at radius 1 is 0.413 bits per heavy atom. The van der Waals surface area contributed by atoms with Crippen LogP contribution in [0.25, 0.3) is 0 Å². The largest absolute Gasteiger partial charge is 0.744 e. The van der Waals surface area contributed by atoms with E-state index in [1.165, 1.54) is 94.5 Å². The molecule has 0 bridgehead atoms. The van der Waals surface area contributed by atoms with E-state index in [9.17, 15) is 102 Å². The van der Waals surface area contributed by atoms with Crippen molar-refractivity contribution < 1.29 is 132 Å². The molecule has 143 heavy (non-hydrogen) atoms. The number of nitrogens with zero attached hydrogens (tertiary/aromatic N) is 3. The lowest BCUT2D eigenvalue weighted by Crippen LogP contribution is -2.50. The monoisotopic (exact) mass is 2230 g/mol. The molecule has 0 fully saturated rings. The lowest BCUT2D eigenvalue weighted by atomic mass is 10.1. The van der Waals surface area contributed by atoms with Crippen molar-refractivity contribution in [3.05, 3.63) is 179 Å². The van der Waals surface area contributed by atoms with E-state index in [-0.39, 0.29) is 136 Å². The Kier molecular flexibility index (Phi) is 76.3. The molecule has 2 aliphatic rings. The van der Waals surface area contributed by atoms with Crippen LogP contribution in [0.2, 0.25) is 0 Å². The topological polar surface area (TPSA) is 521 Å². The fraction of sp³-hybridized carbons (Fsp3) is 0.541. The van der Waals surface area contributed by atoms with E-state index >= 15 is 0 Å². The predicted octanol–water partition coefficient (Wildman–Crippen LogP) is 18.2. The minimum absolute atomic E-state index is 0.0263. The maximum absolute atomic E-state index is 12.1. The second kappa shape index (κ2) is 80.9. The summed E-state index contributed by atoms with van der Waals surface area (Å²) in [6.07, 6.45) is 18.8. The fourth-order valence-electron chi connectivity index (χ4n) is 11.7. The number of carboxylic acids is 3. The van der Waals surface area contributed by atoms with Gasteiger partial charge in [0.1, 0.15) is 47.3 Å². The summed E-state index contributed by atoms with van der Waals surface area (Å²) in [5.74, 6) is 0.567.